The summed E-state index contributed by atoms with van der Waals surface area (Å²) in [6, 6.07) is 14.8. The highest BCUT2D eigenvalue weighted by Crippen LogP contribution is 2.21. The first-order chi connectivity index (χ1) is 14.0. The Morgan fingerprint density at radius 2 is 1.72 bits per heavy atom. The smallest absolute Gasteiger partial charge is 0.319 e. The van der Waals surface area contributed by atoms with Gasteiger partial charge in [-0.1, -0.05) is 12.1 Å². The molecule has 0 aromatic heterocycles. The van der Waals surface area contributed by atoms with Crippen LogP contribution in [0.2, 0.25) is 0 Å². The van der Waals surface area contributed by atoms with Gasteiger partial charge in [-0.25, -0.2) is 4.79 Å². The summed E-state index contributed by atoms with van der Waals surface area (Å²) in [6.45, 7) is 0.451. The molecule has 0 heterocycles. The molecule has 0 bridgehead atoms. The van der Waals surface area contributed by atoms with Gasteiger partial charge in [-0.2, -0.15) is 0 Å². The normalized spacial score (nSPS) is 14.2. The van der Waals surface area contributed by atoms with Gasteiger partial charge in [0.05, 0.1) is 13.2 Å². The Labute approximate surface area is 171 Å². The molecule has 1 fully saturated rings. The lowest BCUT2D eigenvalue weighted by atomic mass is 10.1. The van der Waals surface area contributed by atoms with Crippen LogP contribution in [0.1, 0.15) is 34.8 Å². The first-order valence-electron chi connectivity index (χ1n) is 9.72. The highest BCUT2D eigenvalue weighted by molar-refractivity contribution is 5.95. The number of urea groups is 1. The van der Waals surface area contributed by atoms with Crippen LogP contribution >= 0.6 is 0 Å². The lowest BCUT2D eigenvalue weighted by Crippen LogP contribution is -2.36. The second-order valence-electron chi connectivity index (χ2n) is 7.41. The minimum Gasteiger partial charge on any atom is -0.497 e. The van der Waals surface area contributed by atoms with Crippen LogP contribution in [0.4, 0.5) is 10.5 Å². The number of nitrogens with zero attached hydrogens (tertiary/aromatic N) is 1. The molecule has 0 radical (unpaired) electrons. The monoisotopic (exact) mass is 396 g/mol. The standard InChI is InChI=1S/C22H28N4O3/c1-26(2)20(15-6-12-19(29-3)13-7-15)14-23-22(28)25-18-8-4-16(5-9-18)21(27)24-17-10-11-17/h4-9,12-13,17,20H,10-11,14H2,1-3H3,(H,24,27)(H2,23,25,28). The van der Waals surface area contributed by atoms with Crippen LogP contribution in [0.5, 0.6) is 5.75 Å². The third-order valence-electron chi connectivity index (χ3n) is 4.90. The number of rotatable bonds is 8. The summed E-state index contributed by atoms with van der Waals surface area (Å²) in [5, 5.41) is 8.66. The lowest BCUT2D eigenvalue weighted by Gasteiger charge is -2.25. The highest BCUT2D eigenvalue weighted by Gasteiger charge is 2.23. The number of anilines is 1. The van der Waals surface area contributed by atoms with Crippen LogP contribution in [0.25, 0.3) is 0 Å². The number of amides is 3. The van der Waals surface area contributed by atoms with E-state index in [1.807, 2.05) is 38.4 Å². The fraction of sp³-hybridized carbons (Fsp3) is 0.364. The Bertz CT molecular complexity index is 830. The van der Waals surface area contributed by atoms with Crippen molar-refractivity contribution >= 4 is 17.6 Å². The Hall–Kier alpha value is -3.06. The molecular weight excluding hydrogens is 368 g/mol. The summed E-state index contributed by atoms with van der Waals surface area (Å²) in [5.41, 5.74) is 2.31. The van der Waals surface area contributed by atoms with Gasteiger partial charge in [-0.05, 0) is 68.9 Å². The minimum atomic E-state index is -0.291. The molecule has 29 heavy (non-hydrogen) atoms. The Kier molecular flexibility index (Phi) is 6.72. The van der Waals surface area contributed by atoms with E-state index in [1.54, 1.807) is 31.4 Å². The Balaban J connectivity index is 1.52. The van der Waals surface area contributed by atoms with E-state index in [1.165, 1.54) is 0 Å². The van der Waals surface area contributed by atoms with Gasteiger partial charge in [0.1, 0.15) is 5.75 Å². The molecule has 0 aliphatic heterocycles. The van der Waals surface area contributed by atoms with Crippen molar-refractivity contribution in [2.24, 2.45) is 0 Å². The third kappa shape index (κ3) is 5.96. The van der Waals surface area contributed by atoms with E-state index < -0.39 is 0 Å². The molecule has 3 N–H and O–H groups in total. The molecule has 0 spiro atoms. The average Bonchev–Trinajstić information content (AvgIpc) is 3.53. The number of hydrogen-bond donors (Lipinski definition) is 3. The largest absolute Gasteiger partial charge is 0.497 e. The maximum absolute atomic E-state index is 12.3. The molecule has 1 unspecified atom stereocenters. The van der Waals surface area contributed by atoms with E-state index in [-0.39, 0.29) is 18.0 Å². The van der Waals surface area contributed by atoms with Crippen molar-refractivity contribution in [3.63, 3.8) is 0 Å². The van der Waals surface area contributed by atoms with Gasteiger partial charge >= 0.3 is 6.03 Å². The van der Waals surface area contributed by atoms with Crippen molar-refractivity contribution in [3.8, 4) is 5.75 Å². The number of methoxy groups -OCH3 is 1. The van der Waals surface area contributed by atoms with Crippen molar-refractivity contribution in [1.82, 2.24) is 15.5 Å². The van der Waals surface area contributed by atoms with E-state index in [9.17, 15) is 9.59 Å². The average molecular weight is 396 g/mol. The van der Waals surface area contributed by atoms with Crippen molar-refractivity contribution in [3.05, 3.63) is 59.7 Å². The molecule has 1 aliphatic carbocycles. The van der Waals surface area contributed by atoms with E-state index >= 15 is 0 Å². The predicted molar refractivity (Wildman–Crippen MR) is 113 cm³/mol. The van der Waals surface area contributed by atoms with Gasteiger partial charge in [-0.15, -0.1) is 0 Å². The van der Waals surface area contributed by atoms with Crippen LogP contribution in [0.3, 0.4) is 0 Å². The van der Waals surface area contributed by atoms with E-state index in [0.29, 0.717) is 23.8 Å². The van der Waals surface area contributed by atoms with Crippen LogP contribution in [-0.4, -0.2) is 50.6 Å². The molecule has 7 heteroatoms. The molecule has 3 rings (SSSR count). The number of carbonyl (C=O) groups is 2. The fourth-order valence-electron chi connectivity index (χ4n) is 2.99. The first-order valence-corrected chi connectivity index (χ1v) is 9.72. The molecule has 1 aliphatic rings. The number of nitrogens with one attached hydrogen (secondary N) is 3. The van der Waals surface area contributed by atoms with E-state index in [4.69, 9.17) is 4.74 Å². The van der Waals surface area contributed by atoms with Gasteiger partial charge < -0.3 is 25.6 Å². The van der Waals surface area contributed by atoms with Crippen LogP contribution in [0.15, 0.2) is 48.5 Å². The molecule has 154 valence electrons. The second kappa shape index (κ2) is 9.43. The molecule has 1 saturated carbocycles. The SMILES string of the molecule is COc1ccc(C(CNC(=O)Nc2ccc(C(=O)NC3CC3)cc2)N(C)C)cc1. The zero-order chi connectivity index (χ0) is 20.8. The van der Waals surface area contributed by atoms with Gasteiger partial charge in [0.25, 0.3) is 5.91 Å². The highest BCUT2D eigenvalue weighted by atomic mass is 16.5. The van der Waals surface area contributed by atoms with Gasteiger partial charge in [0, 0.05) is 23.8 Å². The summed E-state index contributed by atoms with van der Waals surface area (Å²) in [6.07, 6.45) is 2.10. The minimum absolute atomic E-state index is 0.0279. The van der Waals surface area contributed by atoms with Gasteiger partial charge in [0.2, 0.25) is 0 Å². The Morgan fingerprint density at radius 3 is 2.28 bits per heavy atom. The van der Waals surface area contributed by atoms with Crippen LogP contribution < -0.4 is 20.7 Å². The van der Waals surface area contributed by atoms with Crippen LogP contribution in [-0.2, 0) is 0 Å². The van der Waals surface area contributed by atoms with Crippen molar-refractivity contribution in [1.29, 1.82) is 0 Å². The second-order valence-corrected chi connectivity index (χ2v) is 7.41. The van der Waals surface area contributed by atoms with Crippen molar-refractivity contribution in [2.75, 3.05) is 33.1 Å². The van der Waals surface area contributed by atoms with Crippen molar-refractivity contribution < 1.29 is 14.3 Å². The zero-order valence-electron chi connectivity index (χ0n) is 17.1. The van der Waals surface area contributed by atoms with Crippen molar-refractivity contribution in [2.45, 2.75) is 24.9 Å². The van der Waals surface area contributed by atoms with E-state index in [0.717, 1.165) is 24.2 Å². The number of carbonyl (C=O) groups excluding carboxylic acids is 2. The van der Waals surface area contributed by atoms with Crippen LogP contribution in [0, 0.1) is 0 Å². The quantitative estimate of drug-likeness (QED) is 0.641. The number of hydrogen-bond acceptors (Lipinski definition) is 4. The zero-order valence-corrected chi connectivity index (χ0v) is 17.1. The Morgan fingerprint density at radius 1 is 1.07 bits per heavy atom. The molecule has 2 aromatic rings. The number of likely N-dealkylation sites (N-methyl/N-ethyl adjacent to an activating group) is 1. The first kappa shape index (κ1) is 20.7. The van der Waals surface area contributed by atoms with E-state index in [2.05, 4.69) is 20.9 Å². The topological polar surface area (TPSA) is 82.7 Å². The molecule has 3 amide bonds. The number of ether oxygens (including phenoxy) is 1. The summed E-state index contributed by atoms with van der Waals surface area (Å²) >= 11 is 0. The lowest BCUT2D eigenvalue weighted by molar-refractivity contribution is 0.0951. The molecule has 7 nitrogen and oxygen atoms in total. The summed E-state index contributed by atoms with van der Waals surface area (Å²) < 4.78 is 5.20. The number of benzene rings is 2. The van der Waals surface area contributed by atoms with Gasteiger partial charge in [0.15, 0.2) is 0 Å². The molecular formula is C22H28N4O3. The molecule has 2 aromatic carbocycles. The molecule has 0 saturated heterocycles. The maximum Gasteiger partial charge on any atom is 0.319 e. The summed E-state index contributed by atoms with van der Waals surface area (Å²) in [5.74, 6) is 0.725. The summed E-state index contributed by atoms with van der Waals surface area (Å²) in [4.78, 5) is 26.4. The third-order valence-corrected chi connectivity index (χ3v) is 4.90. The maximum atomic E-state index is 12.3. The van der Waals surface area contributed by atoms with Gasteiger partial charge in [-0.3, -0.25) is 4.79 Å². The fourth-order valence-corrected chi connectivity index (χ4v) is 2.99. The molecule has 1 atom stereocenters. The predicted octanol–water partition coefficient (Wildman–Crippen LogP) is 3.01. The summed E-state index contributed by atoms with van der Waals surface area (Å²) in [7, 11) is 5.58.